The number of hydrogen-bond donors (Lipinski definition) is 0. The Kier molecular flexibility index (Phi) is 4.78. The molecule has 2 aliphatic rings. The van der Waals surface area contributed by atoms with E-state index in [1.165, 1.54) is 0 Å². The van der Waals surface area contributed by atoms with Gasteiger partial charge in [-0.25, -0.2) is 0 Å². The van der Waals surface area contributed by atoms with Crippen LogP contribution < -0.4 is 0 Å². The van der Waals surface area contributed by atoms with Gasteiger partial charge in [0.1, 0.15) is 17.3 Å². The van der Waals surface area contributed by atoms with Crippen molar-refractivity contribution in [2.75, 3.05) is 13.2 Å². The van der Waals surface area contributed by atoms with E-state index in [0.29, 0.717) is 25.7 Å². The van der Waals surface area contributed by atoms with Gasteiger partial charge in [-0.1, -0.05) is 30.3 Å². The molecule has 124 valence electrons. The molecule has 0 aromatic heterocycles. The van der Waals surface area contributed by atoms with Gasteiger partial charge in [0, 0.05) is 18.4 Å². The summed E-state index contributed by atoms with van der Waals surface area (Å²) in [6.45, 7) is 2.32. The van der Waals surface area contributed by atoms with Crippen LogP contribution in [0.1, 0.15) is 44.5 Å². The van der Waals surface area contributed by atoms with Crippen LogP contribution in [0.15, 0.2) is 30.3 Å². The summed E-state index contributed by atoms with van der Waals surface area (Å²) in [5.74, 6) is -0.0538. The van der Waals surface area contributed by atoms with Crippen LogP contribution in [0.4, 0.5) is 0 Å². The quantitative estimate of drug-likeness (QED) is 0.802. The zero-order chi connectivity index (χ0) is 16.3. The van der Waals surface area contributed by atoms with Gasteiger partial charge in [0.15, 0.2) is 6.29 Å². The molecule has 0 amide bonds. The van der Waals surface area contributed by atoms with Gasteiger partial charge in [-0.3, -0.25) is 9.59 Å². The number of rotatable bonds is 3. The topological polar surface area (TPSA) is 61.8 Å². The highest BCUT2D eigenvalue weighted by atomic mass is 16.7. The molecule has 0 N–H and O–H groups in total. The van der Waals surface area contributed by atoms with E-state index >= 15 is 0 Å². The van der Waals surface area contributed by atoms with E-state index in [2.05, 4.69) is 0 Å². The smallest absolute Gasteiger partial charge is 0.316 e. The number of Topliss-reactive ketones (excluding diaryl/α,β-unsaturated/α-hetero) is 1. The number of carbonyl (C=O) groups excluding carboxylic acids is 2. The molecule has 3 rings (SSSR count). The number of benzene rings is 1. The van der Waals surface area contributed by atoms with E-state index in [9.17, 15) is 9.59 Å². The van der Waals surface area contributed by atoms with Crippen molar-refractivity contribution in [3.8, 4) is 0 Å². The normalized spacial score (nSPS) is 29.3. The van der Waals surface area contributed by atoms with Crippen molar-refractivity contribution >= 4 is 11.8 Å². The van der Waals surface area contributed by atoms with Crippen molar-refractivity contribution in [3.05, 3.63) is 35.9 Å². The van der Waals surface area contributed by atoms with Crippen molar-refractivity contribution < 1.29 is 23.8 Å². The Labute approximate surface area is 135 Å². The summed E-state index contributed by atoms with van der Waals surface area (Å²) in [6, 6.07) is 9.65. The molecule has 5 heteroatoms. The third-order valence-corrected chi connectivity index (χ3v) is 4.44. The summed E-state index contributed by atoms with van der Waals surface area (Å²) in [4.78, 5) is 23.7. The number of ether oxygens (including phenoxy) is 3. The second-order valence-electron chi connectivity index (χ2n) is 6.57. The van der Waals surface area contributed by atoms with Gasteiger partial charge in [-0.2, -0.15) is 0 Å². The van der Waals surface area contributed by atoms with Gasteiger partial charge in [-0.15, -0.1) is 0 Å². The minimum absolute atomic E-state index is 0.163. The lowest BCUT2D eigenvalue weighted by molar-refractivity contribution is -0.238. The third-order valence-electron chi connectivity index (χ3n) is 4.44. The second-order valence-corrected chi connectivity index (χ2v) is 6.57. The van der Waals surface area contributed by atoms with E-state index in [1.54, 1.807) is 6.92 Å². The maximum atomic E-state index is 12.4. The van der Waals surface area contributed by atoms with E-state index in [1.807, 2.05) is 30.3 Å². The van der Waals surface area contributed by atoms with Crippen molar-refractivity contribution in [1.82, 2.24) is 0 Å². The van der Waals surface area contributed by atoms with Crippen LogP contribution in [0.25, 0.3) is 0 Å². The summed E-state index contributed by atoms with van der Waals surface area (Å²) in [6.07, 6.45) is 1.63. The van der Waals surface area contributed by atoms with E-state index < -0.39 is 11.7 Å². The summed E-state index contributed by atoms with van der Waals surface area (Å²) in [5.41, 5.74) is 0.140. The Morgan fingerprint density at radius 3 is 2.35 bits per heavy atom. The standard InChI is InChI=1S/C18H22O5/c1-18(17(20)23-15-9-7-14(19)8-10-15)11-21-16(22-12-18)13-5-3-2-4-6-13/h2-6,15-16H,7-12H2,1H3. The highest BCUT2D eigenvalue weighted by Crippen LogP contribution is 2.33. The molecule has 1 aliphatic carbocycles. The Balaban J connectivity index is 1.54. The average Bonchev–Trinajstić information content (AvgIpc) is 2.58. The molecule has 2 fully saturated rings. The van der Waals surface area contributed by atoms with Crippen molar-refractivity contribution in [3.63, 3.8) is 0 Å². The number of carbonyl (C=O) groups is 2. The minimum Gasteiger partial charge on any atom is -0.462 e. The van der Waals surface area contributed by atoms with Crippen LogP contribution in [0.2, 0.25) is 0 Å². The van der Waals surface area contributed by atoms with Gasteiger partial charge in [0.05, 0.1) is 13.2 Å². The molecule has 5 nitrogen and oxygen atoms in total. The molecule has 1 aromatic carbocycles. The van der Waals surface area contributed by atoms with Gasteiger partial charge >= 0.3 is 5.97 Å². The summed E-state index contributed by atoms with van der Waals surface area (Å²) in [5, 5.41) is 0. The monoisotopic (exact) mass is 318 g/mol. The lowest BCUT2D eigenvalue weighted by Gasteiger charge is -2.36. The van der Waals surface area contributed by atoms with Crippen LogP contribution in [0.5, 0.6) is 0 Å². The van der Waals surface area contributed by atoms with Crippen LogP contribution >= 0.6 is 0 Å². The molecule has 0 bridgehead atoms. The Morgan fingerprint density at radius 1 is 1.13 bits per heavy atom. The molecule has 0 atom stereocenters. The van der Waals surface area contributed by atoms with Crippen LogP contribution in [-0.2, 0) is 23.8 Å². The highest BCUT2D eigenvalue weighted by molar-refractivity contribution is 5.80. The lowest BCUT2D eigenvalue weighted by atomic mass is 9.91. The first-order chi connectivity index (χ1) is 11.1. The van der Waals surface area contributed by atoms with E-state index in [-0.39, 0.29) is 31.1 Å². The third kappa shape index (κ3) is 3.79. The Hall–Kier alpha value is -1.72. The maximum Gasteiger partial charge on any atom is 0.316 e. The SMILES string of the molecule is CC1(C(=O)OC2CCC(=O)CC2)COC(c2ccccc2)OC1. The zero-order valence-corrected chi connectivity index (χ0v) is 13.3. The first kappa shape index (κ1) is 16.1. The van der Waals surface area contributed by atoms with Crippen LogP contribution in [0, 0.1) is 5.41 Å². The summed E-state index contributed by atoms with van der Waals surface area (Å²) in [7, 11) is 0. The average molecular weight is 318 g/mol. The van der Waals surface area contributed by atoms with E-state index in [0.717, 1.165) is 5.56 Å². The van der Waals surface area contributed by atoms with Crippen LogP contribution in [0.3, 0.4) is 0 Å². The van der Waals surface area contributed by atoms with Gasteiger partial charge in [0.2, 0.25) is 0 Å². The van der Waals surface area contributed by atoms with E-state index in [4.69, 9.17) is 14.2 Å². The number of esters is 1. The number of hydrogen-bond acceptors (Lipinski definition) is 5. The zero-order valence-electron chi connectivity index (χ0n) is 13.3. The molecule has 1 aliphatic heterocycles. The van der Waals surface area contributed by atoms with Crippen molar-refractivity contribution in [2.24, 2.45) is 5.41 Å². The fourth-order valence-corrected chi connectivity index (χ4v) is 2.85. The maximum absolute atomic E-state index is 12.4. The van der Waals surface area contributed by atoms with Gasteiger partial charge < -0.3 is 14.2 Å². The van der Waals surface area contributed by atoms with Gasteiger partial charge in [0.25, 0.3) is 0 Å². The first-order valence-corrected chi connectivity index (χ1v) is 8.08. The molecule has 0 radical (unpaired) electrons. The van der Waals surface area contributed by atoms with Crippen molar-refractivity contribution in [1.29, 1.82) is 0 Å². The molecule has 23 heavy (non-hydrogen) atoms. The van der Waals surface area contributed by atoms with Crippen molar-refractivity contribution in [2.45, 2.75) is 45.0 Å². The molecule has 1 aromatic rings. The minimum atomic E-state index is -0.799. The molecular weight excluding hydrogens is 296 g/mol. The molecule has 0 spiro atoms. The highest BCUT2D eigenvalue weighted by Gasteiger charge is 2.42. The fourth-order valence-electron chi connectivity index (χ4n) is 2.85. The molecule has 0 unspecified atom stereocenters. The second kappa shape index (κ2) is 6.81. The van der Waals surface area contributed by atoms with Crippen LogP contribution in [-0.4, -0.2) is 31.1 Å². The Morgan fingerprint density at radius 2 is 1.74 bits per heavy atom. The Bertz CT molecular complexity index is 550. The molecular formula is C18H22O5. The van der Waals surface area contributed by atoms with Gasteiger partial charge in [-0.05, 0) is 19.8 Å². The predicted octanol–water partition coefficient (Wildman–Crippen LogP) is 2.79. The molecule has 1 saturated carbocycles. The lowest BCUT2D eigenvalue weighted by Crippen LogP contribution is -2.45. The molecule has 1 heterocycles. The summed E-state index contributed by atoms with van der Waals surface area (Å²) >= 11 is 0. The molecule has 1 saturated heterocycles. The number of ketones is 1. The fraction of sp³-hybridized carbons (Fsp3) is 0.556. The largest absolute Gasteiger partial charge is 0.462 e. The summed E-state index contributed by atoms with van der Waals surface area (Å²) < 4.78 is 17.0. The predicted molar refractivity (Wildman–Crippen MR) is 82.5 cm³/mol. The first-order valence-electron chi connectivity index (χ1n) is 8.08.